The first kappa shape index (κ1) is 25.3. The molecule has 13 heteroatoms. The number of amides is 3. The summed E-state index contributed by atoms with van der Waals surface area (Å²) in [6.07, 6.45) is -1.00. The number of carbonyl (C=O) groups is 5. The summed E-state index contributed by atoms with van der Waals surface area (Å²) < 4.78 is 0. The molecule has 0 aliphatic carbocycles. The summed E-state index contributed by atoms with van der Waals surface area (Å²) in [5, 5.41) is 42.6. The molecule has 13 nitrogen and oxygen atoms in total. The summed E-state index contributed by atoms with van der Waals surface area (Å²) in [6, 6.07) is 1.32. The van der Waals surface area contributed by atoms with Gasteiger partial charge in [0.25, 0.3) is 0 Å². The first-order valence-corrected chi connectivity index (χ1v) is 8.99. The van der Waals surface area contributed by atoms with Crippen LogP contribution in [0.2, 0.25) is 0 Å². The number of hydrogen-bond donors (Lipinski definition) is 8. The number of benzene rings is 1. The van der Waals surface area contributed by atoms with E-state index < -0.39 is 67.4 Å². The SMILES string of the molecule is NC(CO)C(=O)NCC(=O)NC(Cc1ccc(O)cc1)C(=O)NC(CC(=O)O)C(=O)O. The number of hydrogen-bond acceptors (Lipinski definition) is 8. The van der Waals surface area contributed by atoms with Crippen molar-refractivity contribution in [1.82, 2.24) is 16.0 Å². The van der Waals surface area contributed by atoms with Gasteiger partial charge in [-0.15, -0.1) is 0 Å². The maximum absolute atomic E-state index is 12.6. The molecule has 0 saturated carbocycles. The Morgan fingerprint density at radius 3 is 2.06 bits per heavy atom. The molecule has 31 heavy (non-hydrogen) atoms. The number of aliphatic hydroxyl groups excluding tert-OH is 1. The lowest BCUT2D eigenvalue weighted by Gasteiger charge is -2.21. The molecule has 0 spiro atoms. The standard InChI is InChI=1S/C18H24N4O9/c19-11(8-23)16(28)20-7-14(25)21-12(5-9-1-3-10(24)4-2-9)17(29)22-13(18(30)31)6-15(26)27/h1-4,11-13,23-24H,5-8,19H2,(H,20,28)(H,21,25)(H,22,29)(H,26,27)(H,30,31). The summed E-state index contributed by atoms with van der Waals surface area (Å²) in [5.74, 6) is -5.64. The molecule has 1 rings (SSSR count). The molecule has 0 aliphatic heterocycles. The molecule has 0 aliphatic rings. The van der Waals surface area contributed by atoms with Gasteiger partial charge in [0, 0.05) is 6.42 Å². The first-order chi connectivity index (χ1) is 14.5. The number of carbonyl (C=O) groups excluding carboxylic acids is 3. The van der Waals surface area contributed by atoms with E-state index in [0.717, 1.165) is 0 Å². The molecule has 0 fully saturated rings. The lowest BCUT2D eigenvalue weighted by Crippen LogP contribution is -2.55. The van der Waals surface area contributed by atoms with E-state index in [1.54, 1.807) is 0 Å². The number of carboxylic acid groups (broad SMARTS) is 2. The molecule has 3 amide bonds. The Labute approximate surface area is 176 Å². The Kier molecular flexibility index (Phi) is 9.88. The lowest BCUT2D eigenvalue weighted by molar-refractivity contribution is -0.147. The van der Waals surface area contributed by atoms with E-state index in [1.807, 2.05) is 0 Å². The van der Waals surface area contributed by atoms with Crippen molar-refractivity contribution in [3.63, 3.8) is 0 Å². The fourth-order valence-electron chi connectivity index (χ4n) is 2.35. The Balaban J connectivity index is 2.91. The second-order valence-corrected chi connectivity index (χ2v) is 6.49. The number of nitrogens with one attached hydrogen (secondary N) is 3. The van der Waals surface area contributed by atoms with Crippen molar-refractivity contribution >= 4 is 29.7 Å². The fourth-order valence-corrected chi connectivity index (χ4v) is 2.35. The zero-order valence-electron chi connectivity index (χ0n) is 16.3. The molecule has 0 heterocycles. The number of aliphatic carboxylic acids is 2. The van der Waals surface area contributed by atoms with E-state index in [0.29, 0.717) is 5.56 Å². The van der Waals surface area contributed by atoms with Crippen LogP contribution >= 0.6 is 0 Å². The van der Waals surface area contributed by atoms with Crippen molar-refractivity contribution in [3.8, 4) is 5.75 Å². The molecule has 1 aromatic carbocycles. The average Bonchev–Trinajstić information content (AvgIpc) is 2.71. The van der Waals surface area contributed by atoms with Gasteiger partial charge < -0.3 is 42.1 Å². The van der Waals surface area contributed by atoms with Crippen molar-refractivity contribution in [2.75, 3.05) is 13.2 Å². The van der Waals surface area contributed by atoms with Gasteiger partial charge in [0.1, 0.15) is 23.9 Å². The van der Waals surface area contributed by atoms with Crippen molar-refractivity contribution in [2.45, 2.75) is 31.0 Å². The maximum Gasteiger partial charge on any atom is 0.326 e. The third-order valence-corrected chi connectivity index (χ3v) is 3.98. The minimum Gasteiger partial charge on any atom is -0.508 e. The summed E-state index contributed by atoms with van der Waals surface area (Å²) in [4.78, 5) is 58.3. The minimum atomic E-state index is -1.73. The number of aliphatic hydroxyl groups is 1. The van der Waals surface area contributed by atoms with Gasteiger partial charge in [0.2, 0.25) is 17.7 Å². The largest absolute Gasteiger partial charge is 0.508 e. The normalized spacial score (nSPS) is 13.4. The number of phenols is 1. The van der Waals surface area contributed by atoms with Crippen LogP contribution in [0.15, 0.2) is 24.3 Å². The van der Waals surface area contributed by atoms with E-state index >= 15 is 0 Å². The number of carboxylic acids is 2. The van der Waals surface area contributed by atoms with Crippen LogP contribution in [-0.4, -0.2) is 81.4 Å². The highest BCUT2D eigenvalue weighted by atomic mass is 16.4. The number of phenolic OH excluding ortho intramolecular Hbond substituents is 1. The molecule has 9 N–H and O–H groups in total. The Morgan fingerprint density at radius 2 is 1.55 bits per heavy atom. The molecule has 0 radical (unpaired) electrons. The average molecular weight is 440 g/mol. The summed E-state index contributed by atoms with van der Waals surface area (Å²) in [7, 11) is 0. The summed E-state index contributed by atoms with van der Waals surface area (Å²) >= 11 is 0. The third kappa shape index (κ3) is 9.10. The van der Waals surface area contributed by atoms with Crippen LogP contribution in [0.25, 0.3) is 0 Å². The van der Waals surface area contributed by atoms with Crippen LogP contribution in [-0.2, 0) is 30.4 Å². The first-order valence-electron chi connectivity index (χ1n) is 8.99. The lowest BCUT2D eigenvalue weighted by atomic mass is 10.0. The molecule has 170 valence electrons. The zero-order chi connectivity index (χ0) is 23.6. The highest BCUT2D eigenvalue weighted by Crippen LogP contribution is 2.11. The van der Waals surface area contributed by atoms with Crippen LogP contribution in [0, 0.1) is 0 Å². The van der Waals surface area contributed by atoms with Crippen molar-refractivity contribution < 1.29 is 44.4 Å². The second-order valence-electron chi connectivity index (χ2n) is 6.49. The van der Waals surface area contributed by atoms with Gasteiger partial charge >= 0.3 is 11.9 Å². The molecule has 3 atom stereocenters. The highest BCUT2D eigenvalue weighted by molar-refractivity contribution is 5.93. The Hall–Kier alpha value is -3.71. The van der Waals surface area contributed by atoms with Gasteiger partial charge in [0.05, 0.1) is 19.6 Å². The van der Waals surface area contributed by atoms with Gasteiger partial charge in [-0.25, -0.2) is 4.79 Å². The zero-order valence-corrected chi connectivity index (χ0v) is 16.3. The maximum atomic E-state index is 12.6. The predicted octanol–water partition coefficient (Wildman–Crippen LogP) is -3.10. The van der Waals surface area contributed by atoms with E-state index in [9.17, 15) is 29.1 Å². The van der Waals surface area contributed by atoms with E-state index in [4.69, 9.17) is 21.1 Å². The van der Waals surface area contributed by atoms with Crippen molar-refractivity contribution in [1.29, 1.82) is 0 Å². The van der Waals surface area contributed by atoms with Crippen LogP contribution in [0.3, 0.4) is 0 Å². The molecular formula is C18H24N4O9. The Morgan fingerprint density at radius 1 is 0.935 bits per heavy atom. The number of rotatable bonds is 12. The highest BCUT2D eigenvalue weighted by Gasteiger charge is 2.28. The van der Waals surface area contributed by atoms with E-state index in [1.165, 1.54) is 24.3 Å². The van der Waals surface area contributed by atoms with Crippen LogP contribution in [0.4, 0.5) is 0 Å². The molecule has 0 saturated heterocycles. The minimum absolute atomic E-state index is 0.0379. The summed E-state index contributed by atoms with van der Waals surface area (Å²) in [6.45, 7) is -1.22. The molecule has 0 aromatic heterocycles. The molecular weight excluding hydrogens is 416 g/mol. The molecule has 3 unspecified atom stereocenters. The topological polar surface area (TPSA) is 228 Å². The van der Waals surface area contributed by atoms with Crippen LogP contribution in [0.1, 0.15) is 12.0 Å². The van der Waals surface area contributed by atoms with Gasteiger partial charge in [-0.1, -0.05) is 12.1 Å². The molecule has 0 bridgehead atoms. The van der Waals surface area contributed by atoms with Crippen LogP contribution in [0.5, 0.6) is 5.75 Å². The number of nitrogens with two attached hydrogens (primary N) is 1. The van der Waals surface area contributed by atoms with Gasteiger partial charge in [-0.3, -0.25) is 19.2 Å². The molecule has 1 aromatic rings. The quantitative estimate of drug-likeness (QED) is 0.163. The smallest absolute Gasteiger partial charge is 0.326 e. The van der Waals surface area contributed by atoms with Crippen molar-refractivity contribution in [3.05, 3.63) is 29.8 Å². The van der Waals surface area contributed by atoms with Crippen molar-refractivity contribution in [2.24, 2.45) is 5.73 Å². The van der Waals surface area contributed by atoms with Crippen LogP contribution < -0.4 is 21.7 Å². The monoisotopic (exact) mass is 440 g/mol. The fraction of sp³-hybridized carbons (Fsp3) is 0.389. The van der Waals surface area contributed by atoms with Gasteiger partial charge in [0.15, 0.2) is 0 Å². The predicted molar refractivity (Wildman–Crippen MR) is 104 cm³/mol. The third-order valence-electron chi connectivity index (χ3n) is 3.98. The van der Waals surface area contributed by atoms with E-state index in [-0.39, 0.29) is 12.2 Å². The van der Waals surface area contributed by atoms with Gasteiger partial charge in [-0.2, -0.15) is 0 Å². The Bertz CT molecular complexity index is 813. The van der Waals surface area contributed by atoms with Gasteiger partial charge in [-0.05, 0) is 17.7 Å². The summed E-state index contributed by atoms with van der Waals surface area (Å²) in [5.41, 5.74) is 5.80. The van der Waals surface area contributed by atoms with E-state index in [2.05, 4.69) is 16.0 Å². The second kappa shape index (κ2) is 12.1. The number of aromatic hydroxyl groups is 1.